The Bertz CT molecular complexity index is 456. The van der Waals surface area contributed by atoms with Gasteiger partial charge in [0.15, 0.2) is 0 Å². The molecule has 1 amide bonds. The Kier molecular flexibility index (Phi) is 5.15. The Morgan fingerprint density at radius 2 is 2.15 bits per heavy atom. The van der Waals surface area contributed by atoms with Gasteiger partial charge in [-0.05, 0) is 31.2 Å². The number of nitrogens with two attached hydrogens (primary N) is 1. The minimum Gasteiger partial charge on any atom is -0.381 e. The van der Waals surface area contributed by atoms with Crippen LogP contribution < -0.4 is 5.73 Å². The highest BCUT2D eigenvalue weighted by atomic mass is 16.5. The van der Waals surface area contributed by atoms with Crippen LogP contribution in [0.3, 0.4) is 0 Å². The quantitative estimate of drug-likeness (QED) is 0.911. The summed E-state index contributed by atoms with van der Waals surface area (Å²) < 4.78 is 5.32. The Morgan fingerprint density at radius 3 is 2.80 bits per heavy atom. The highest BCUT2D eigenvalue weighted by molar-refractivity contribution is 5.81. The van der Waals surface area contributed by atoms with Crippen molar-refractivity contribution in [1.29, 1.82) is 0 Å². The number of amides is 1. The first-order valence-electron chi connectivity index (χ1n) is 7.22. The first kappa shape index (κ1) is 15.0. The number of nitrogens with zero attached hydrogens (tertiary/aromatic N) is 1. The van der Waals surface area contributed by atoms with Crippen LogP contribution in [0.2, 0.25) is 0 Å². The molecule has 1 saturated heterocycles. The van der Waals surface area contributed by atoms with Gasteiger partial charge < -0.3 is 15.4 Å². The number of rotatable bonds is 4. The van der Waals surface area contributed by atoms with Gasteiger partial charge in [-0.25, -0.2) is 0 Å². The third-order valence-electron chi connectivity index (χ3n) is 3.94. The zero-order valence-corrected chi connectivity index (χ0v) is 12.3. The van der Waals surface area contributed by atoms with Crippen LogP contribution in [0.4, 0.5) is 0 Å². The normalized spacial score (nSPS) is 17.8. The molecule has 0 bridgehead atoms. The summed E-state index contributed by atoms with van der Waals surface area (Å²) in [7, 11) is 1.82. The summed E-state index contributed by atoms with van der Waals surface area (Å²) in [5.41, 5.74) is 8.47. The molecule has 0 aromatic heterocycles. The first-order valence-corrected chi connectivity index (χ1v) is 7.22. The summed E-state index contributed by atoms with van der Waals surface area (Å²) in [4.78, 5) is 14.1. The van der Waals surface area contributed by atoms with Crippen LogP contribution in [0.5, 0.6) is 0 Å². The summed E-state index contributed by atoms with van der Waals surface area (Å²) in [5.74, 6) is 0.273. The SMILES string of the molecule is Cc1cccc(CN(C)C(=O)C(N)C2CCOCC2)c1. The smallest absolute Gasteiger partial charge is 0.239 e. The van der Waals surface area contributed by atoms with Gasteiger partial charge in [-0.1, -0.05) is 29.8 Å². The molecule has 110 valence electrons. The van der Waals surface area contributed by atoms with E-state index in [4.69, 9.17) is 10.5 Å². The Balaban J connectivity index is 1.93. The standard InChI is InChI=1S/C16H24N2O2/c1-12-4-3-5-13(10-12)11-18(2)16(19)15(17)14-6-8-20-9-7-14/h3-5,10,14-15H,6-9,11,17H2,1-2H3. The van der Waals surface area contributed by atoms with E-state index in [9.17, 15) is 4.79 Å². The molecule has 0 radical (unpaired) electrons. The van der Waals surface area contributed by atoms with E-state index in [0.717, 1.165) is 18.4 Å². The minimum absolute atomic E-state index is 0.0263. The maximum atomic E-state index is 12.4. The van der Waals surface area contributed by atoms with Gasteiger partial charge in [0, 0.05) is 26.8 Å². The monoisotopic (exact) mass is 276 g/mol. The van der Waals surface area contributed by atoms with Gasteiger partial charge in [0.2, 0.25) is 5.91 Å². The molecule has 0 spiro atoms. The molecule has 1 fully saturated rings. The van der Waals surface area contributed by atoms with Crippen LogP contribution in [-0.2, 0) is 16.1 Å². The van der Waals surface area contributed by atoms with E-state index in [-0.39, 0.29) is 11.8 Å². The van der Waals surface area contributed by atoms with E-state index in [1.807, 2.05) is 19.2 Å². The average molecular weight is 276 g/mol. The second-order valence-electron chi connectivity index (χ2n) is 5.66. The number of benzene rings is 1. The van der Waals surface area contributed by atoms with Crippen LogP contribution in [0.1, 0.15) is 24.0 Å². The van der Waals surface area contributed by atoms with Crippen LogP contribution in [0.15, 0.2) is 24.3 Å². The van der Waals surface area contributed by atoms with Crippen LogP contribution in [0, 0.1) is 12.8 Å². The molecule has 1 aliphatic rings. The number of hydrogen-bond acceptors (Lipinski definition) is 3. The summed E-state index contributed by atoms with van der Waals surface area (Å²) in [6, 6.07) is 7.80. The molecule has 1 heterocycles. The highest BCUT2D eigenvalue weighted by Crippen LogP contribution is 2.19. The molecule has 1 aliphatic heterocycles. The van der Waals surface area contributed by atoms with Crippen molar-refractivity contribution in [3.05, 3.63) is 35.4 Å². The Morgan fingerprint density at radius 1 is 1.45 bits per heavy atom. The zero-order valence-electron chi connectivity index (χ0n) is 12.3. The van der Waals surface area contributed by atoms with Crippen molar-refractivity contribution in [1.82, 2.24) is 4.90 Å². The maximum Gasteiger partial charge on any atom is 0.239 e. The predicted octanol–water partition coefficient (Wildman–Crippen LogP) is 1.71. The Hall–Kier alpha value is -1.39. The first-order chi connectivity index (χ1) is 9.58. The molecule has 4 nitrogen and oxygen atoms in total. The van der Waals surface area contributed by atoms with Crippen molar-refractivity contribution in [3.63, 3.8) is 0 Å². The lowest BCUT2D eigenvalue weighted by atomic mass is 9.91. The number of carbonyl (C=O) groups is 1. The van der Waals surface area contributed by atoms with E-state index in [2.05, 4.69) is 19.1 Å². The van der Waals surface area contributed by atoms with Crippen molar-refractivity contribution in [2.24, 2.45) is 11.7 Å². The van der Waals surface area contributed by atoms with E-state index in [0.29, 0.717) is 19.8 Å². The van der Waals surface area contributed by atoms with Gasteiger partial charge in [-0.15, -0.1) is 0 Å². The number of likely N-dealkylation sites (N-methyl/N-ethyl adjacent to an activating group) is 1. The molecule has 20 heavy (non-hydrogen) atoms. The second kappa shape index (κ2) is 6.86. The Labute approximate surface area is 120 Å². The molecular weight excluding hydrogens is 252 g/mol. The van der Waals surface area contributed by atoms with Gasteiger partial charge in [-0.3, -0.25) is 4.79 Å². The number of aryl methyl sites for hydroxylation is 1. The molecule has 2 N–H and O–H groups in total. The van der Waals surface area contributed by atoms with E-state index in [1.165, 1.54) is 5.56 Å². The van der Waals surface area contributed by atoms with Crippen LogP contribution in [-0.4, -0.2) is 37.1 Å². The van der Waals surface area contributed by atoms with Gasteiger partial charge in [0.1, 0.15) is 0 Å². The van der Waals surface area contributed by atoms with Crippen LogP contribution >= 0.6 is 0 Å². The topological polar surface area (TPSA) is 55.6 Å². The third kappa shape index (κ3) is 3.81. The summed E-state index contributed by atoms with van der Waals surface area (Å²) in [5, 5.41) is 0. The molecule has 1 aromatic carbocycles. The van der Waals surface area contributed by atoms with E-state index in [1.54, 1.807) is 4.90 Å². The van der Waals surface area contributed by atoms with Crippen molar-refractivity contribution in [2.45, 2.75) is 32.4 Å². The molecule has 0 saturated carbocycles. The number of ether oxygens (including phenoxy) is 1. The molecule has 1 aromatic rings. The molecule has 4 heteroatoms. The van der Waals surface area contributed by atoms with E-state index >= 15 is 0 Å². The van der Waals surface area contributed by atoms with Crippen molar-refractivity contribution < 1.29 is 9.53 Å². The highest BCUT2D eigenvalue weighted by Gasteiger charge is 2.28. The second-order valence-corrected chi connectivity index (χ2v) is 5.66. The van der Waals surface area contributed by atoms with Gasteiger partial charge in [0.25, 0.3) is 0 Å². The van der Waals surface area contributed by atoms with Gasteiger partial charge >= 0.3 is 0 Å². The average Bonchev–Trinajstić information content (AvgIpc) is 2.46. The molecule has 0 aliphatic carbocycles. The summed E-state index contributed by atoms with van der Waals surface area (Å²) in [6.07, 6.45) is 1.76. The summed E-state index contributed by atoms with van der Waals surface area (Å²) in [6.45, 7) is 4.09. The number of carbonyl (C=O) groups excluding carboxylic acids is 1. The lowest BCUT2D eigenvalue weighted by Crippen LogP contribution is -2.47. The predicted molar refractivity (Wildman–Crippen MR) is 79.2 cm³/mol. The number of hydrogen-bond donors (Lipinski definition) is 1. The molecule has 1 unspecified atom stereocenters. The minimum atomic E-state index is -0.409. The van der Waals surface area contributed by atoms with E-state index < -0.39 is 6.04 Å². The third-order valence-corrected chi connectivity index (χ3v) is 3.94. The fourth-order valence-corrected chi connectivity index (χ4v) is 2.69. The molecular formula is C16H24N2O2. The summed E-state index contributed by atoms with van der Waals surface area (Å²) >= 11 is 0. The lowest BCUT2D eigenvalue weighted by molar-refractivity contribution is -0.133. The lowest BCUT2D eigenvalue weighted by Gasteiger charge is -2.29. The zero-order chi connectivity index (χ0) is 14.5. The maximum absolute atomic E-state index is 12.4. The van der Waals surface area contributed by atoms with Crippen molar-refractivity contribution in [2.75, 3.05) is 20.3 Å². The largest absolute Gasteiger partial charge is 0.381 e. The van der Waals surface area contributed by atoms with Crippen molar-refractivity contribution in [3.8, 4) is 0 Å². The fraction of sp³-hybridized carbons (Fsp3) is 0.562. The fourth-order valence-electron chi connectivity index (χ4n) is 2.69. The molecule has 1 atom stereocenters. The van der Waals surface area contributed by atoms with Gasteiger partial charge in [-0.2, -0.15) is 0 Å². The van der Waals surface area contributed by atoms with Crippen LogP contribution in [0.25, 0.3) is 0 Å². The van der Waals surface area contributed by atoms with Gasteiger partial charge in [0.05, 0.1) is 6.04 Å². The van der Waals surface area contributed by atoms with Crippen molar-refractivity contribution >= 4 is 5.91 Å². The molecule has 2 rings (SSSR count).